The number of fused-ring (bicyclic) bond motifs is 1. The van der Waals surface area contributed by atoms with Gasteiger partial charge >= 0.3 is 0 Å². The lowest BCUT2D eigenvalue weighted by Crippen LogP contribution is -2.43. The van der Waals surface area contributed by atoms with E-state index in [4.69, 9.17) is 0 Å². The zero-order valence-electron chi connectivity index (χ0n) is 22.5. The van der Waals surface area contributed by atoms with Crippen LogP contribution in [0.4, 0.5) is 5.69 Å². The number of piperidine rings is 1. The summed E-state index contributed by atoms with van der Waals surface area (Å²) >= 11 is 0. The lowest BCUT2D eigenvalue weighted by molar-refractivity contribution is 0.102. The second kappa shape index (κ2) is 10.3. The summed E-state index contributed by atoms with van der Waals surface area (Å²) < 4.78 is 1.93. The normalized spacial score (nSPS) is 23.3. The molecule has 1 atom stereocenters. The van der Waals surface area contributed by atoms with Crippen LogP contribution in [0.15, 0.2) is 48.9 Å². The number of aromatic nitrogens is 5. The van der Waals surface area contributed by atoms with Crippen molar-refractivity contribution in [1.82, 2.24) is 29.6 Å². The molecule has 1 aliphatic heterocycles. The molecule has 4 heterocycles. The minimum atomic E-state index is -0.227. The van der Waals surface area contributed by atoms with Gasteiger partial charge in [-0.05, 0) is 73.5 Å². The number of aryl methyl sites for hydroxylation is 1. The van der Waals surface area contributed by atoms with Crippen molar-refractivity contribution in [2.75, 3.05) is 18.4 Å². The summed E-state index contributed by atoms with van der Waals surface area (Å²) in [5.41, 5.74) is 4.92. The molecule has 2 fully saturated rings. The van der Waals surface area contributed by atoms with Crippen LogP contribution in [-0.2, 0) is 25.4 Å². The maximum absolute atomic E-state index is 13.5. The average Bonchev–Trinajstić information content (AvgIpc) is 3.55. The van der Waals surface area contributed by atoms with Gasteiger partial charge in [0.2, 0.25) is 0 Å². The molecule has 1 saturated heterocycles. The standard InChI is InChI=1S/C30H34N8O/c1-20-5-4-10-38(17-20)18-22-11-26(35-25-8-9-32-28(22)25)29(39)34-24-7-3-6-23(12-24)30(13-21(14-30)16-31)15-27-36-33-19-37(27)2/h3,6-9,11-12,19-21,32H,4-5,10,13-15,17-18H2,1-2H3,(H,34,39)/t20-,21?,30?/m0/s1. The first-order chi connectivity index (χ1) is 18.9. The number of pyridine rings is 1. The van der Waals surface area contributed by atoms with E-state index in [1.165, 1.54) is 12.8 Å². The average molecular weight is 523 g/mol. The molecular formula is C30H34N8O. The van der Waals surface area contributed by atoms with Gasteiger partial charge in [-0.3, -0.25) is 9.69 Å². The van der Waals surface area contributed by atoms with E-state index >= 15 is 0 Å². The molecule has 6 rings (SSSR count). The molecule has 1 aliphatic carbocycles. The molecule has 9 nitrogen and oxygen atoms in total. The van der Waals surface area contributed by atoms with Crippen LogP contribution in [-0.4, -0.2) is 48.6 Å². The molecule has 9 heteroatoms. The summed E-state index contributed by atoms with van der Waals surface area (Å²) in [7, 11) is 1.94. The van der Waals surface area contributed by atoms with Gasteiger partial charge in [0.25, 0.3) is 5.91 Å². The Morgan fingerprint density at radius 2 is 2.15 bits per heavy atom. The summed E-state index contributed by atoms with van der Waals surface area (Å²) in [5, 5.41) is 20.9. The third-order valence-corrected chi connectivity index (χ3v) is 8.46. The lowest BCUT2D eigenvalue weighted by Gasteiger charge is -2.45. The van der Waals surface area contributed by atoms with Crippen molar-refractivity contribution in [3.05, 3.63) is 71.6 Å². The van der Waals surface area contributed by atoms with Gasteiger partial charge in [0.05, 0.1) is 17.1 Å². The molecule has 4 aromatic rings. The molecular weight excluding hydrogens is 488 g/mol. The van der Waals surface area contributed by atoms with E-state index < -0.39 is 0 Å². The highest BCUT2D eigenvalue weighted by molar-refractivity contribution is 6.04. The number of nitriles is 1. The van der Waals surface area contributed by atoms with Crippen molar-refractivity contribution in [3.8, 4) is 6.07 Å². The van der Waals surface area contributed by atoms with Gasteiger partial charge in [-0.15, -0.1) is 10.2 Å². The van der Waals surface area contributed by atoms with Gasteiger partial charge in [-0.25, -0.2) is 4.98 Å². The Bertz CT molecular complexity index is 1540. The number of amides is 1. The first-order valence-electron chi connectivity index (χ1n) is 13.8. The van der Waals surface area contributed by atoms with Crippen LogP contribution in [0.25, 0.3) is 11.0 Å². The molecule has 1 amide bonds. The Morgan fingerprint density at radius 3 is 2.92 bits per heavy atom. The summed E-state index contributed by atoms with van der Waals surface area (Å²) in [4.78, 5) is 23.9. The number of anilines is 1. The first-order valence-corrected chi connectivity index (χ1v) is 13.8. The van der Waals surface area contributed by atoms with E-state index in [1.54, 1.807) is 6.33 Å². The highest BCUT2D eigenvalue weighted by Crippen LogP contribution is 2.50. The largest absolute Gasteiger partial charge is 0.360 e. The lowest BCUT2D eigenvalue weighted by atomic mass is 9.57. The van der Waals surface area contributed by atoms with Crippen LogP contribution in [0.1, 0.15) is 60.0 Å². The van der Waals surface area contributed by atoms with Crippen molar-refractivity contribution in [2.45, 2.75) is 51.0 Å². The molecule has 2 N–H and O–H groups in total. The van der Waals surface area contributed by atoms with Crippen LogP contribution < -0.4 is 5.32 Å². The highest BCUT2D eigenvalue weighted by Gasteiger charge is 2.46. The topological polar surface area (TPSA) is 116 Å². The fraction of sp³-hybridized carbons (Fsp3) is 0.433. The number of hydrogen-bond acceptors (Lipinski definition) is 6. The smallest absolute Gasteiger partial charge is 0.274 e. The molecule has 1 saturated carbocycles. The van der Waals surface area contributed by atoms with Gasteiger partial charge in [0.15, 0.2) is 0 Å². The zero-order valence-corrected chi connectivity index (χ0v) is 22.5. The molecule has 39 heavy (non-hydrogen) atoms. The van der Waals surface area contributed by atoms with Crippen LogP contribution >= 0.6 is 0 Å². The number of carbonyl (C=O) groups is 1. The van der Waals surface area contributed by atoms with E-state index in [0.717, 1.165) is 66.1 Å². The Labute approximate surface area is 228 Å². The zero-order chi connectivity index (χ0) is 27.0. The van der Waals surface area contributed by atoms with E-state index in [2.05, 4.69) is 49.4 Å². The predicted octanol–water partition coefficient (Wildman–Crippen LogP) is 4.59. The molecule has 0 unspecified atom stereocenters. The summed E-state index contributed by atoms with van der Waals surface area (Å²) in [5.74, 6) is 1.37. The Morgan fingerprint density at radius 1 is 1.28 bits per heavy atom. The number of rotatable bonds is 7. The Kier molecular flexibility index (Phi) is 6.65. The number of carbonyl (C=O) groups excluding carboxylic acids is 1. The Balaban J connectivity index is 1.24. The Hall–Kier alpha value is -4.03. The van der Waals surface area contributed by atoms with Gasteiger partial charge in [0, 0.05) is 49.8 Å². The van der Waals surface area contributed by atoms with Crippen LogP contribution in [0, 0.1) is 23.2 Å². The third-order valence-electron chi connectivity index (χ3n) is 8.46. The minimum Gasteiger partial charge on any atom is -0.360 e. The fourth-order valence-corrected chi connectivity index (χ4v) is 6.37. The molecule has 200 valence electrons. The number of H-pyrrole nitrogens is 1. The van der Waals surface area contributed by atoms with Gasteiger partial charge < -0.3 is 14.9 Å². The van der Waals surface area contributed by atoms with E-state index in [-0.39, 0.29) is 17.2 Å². The quantitative estimate of drug-likeness (QED) is 0.367. The van der Waals surface area contributed by atoms with Crippen molar-refractivity contribution < 1.29 is 4.79 Å². The second-order valence-electron chi connectivity index (χ2n) is 11.5. The predicted molar refractivity (Wildman–Crippen MR) is 149 cm³/mol. The van der Waals surface area contributed by atoms with E-state index in [1.807, 2.05) is 48.1 Å². The number of hydrogen-bond donors (Lipinski definition) is 2. The summed E-state index contributed by atoms with van der Waals surface area (Å²) in [6.07, 6.45) is 8.29. The number of likely N-dealkylation sites (tertiary alicyclic amines) is 1. The molecule has 3 aromatic heterocycles. The number of nitrogens with zero attached hydrogens (tertiary/aromatic N) is 6. The van der Waals surface area contributed by atoms with Crippen LogP contribution in [0.3, 0.4) is 0 Å². The van der Waals surface area contributed by atoms with Crippen molar-refractivity contribution in [1.29, 1.82) is 5.26 Å². The number of nitrogens with one attached hydrogen (secondary N) is 2. The SMILES string of the molecule is C[C@H]1CCCN(Cc2cc(C(=O)Nc3cccc(C4(Cc5nncn5C)CC(C#N)C4)c3)nc3cc[nH]c23)C1. The van der Waals surface area contributed by atoms with Crippen molar-refractivity contribution >= 4 is 22.6 Å². The molecule has 2 aliphatic rings. The molecule has 1 aromatic carbocycles. The first kappa shape index (κ1) is 25.3. The minimum absolute atomic E-state index is 0.0232. The van der Waals surface area contributed by atoms with Crippen molar-refractivity contribution in [3.63, 3.8) is 0 Å². The van der Waals surface area contributed by atoms with Gasteiger partial charge in [-0.1, -0.05) is 19.1 Å². The molecule has 0 spiro atoms. The van der Waals surface area contributed by atoms with Gasteiger partial charge in [-0.2, -0.15) is 5.26 Å². The third kappa shape index (κ3) is 5.04. The molecule has 0 bridgehead atoms. The molecule has 0 radical (unpaired) electrons. The van der Waals surface area contributed by atoms with E-state index in [0.29, 0.717) is 18.0 Å². The maximum atomic E-state index is 13.5. The summed E-state index contributed by atoms with van der Waals surface area (Å²) in [6.45, 7) is 5.25. The second-order valence-corrected chi connectivity index (χ2v) is 11.5. The number of benzene rings is 1. The highest BCUT2D eigenvalue weighted by atomic mass is 16.1. The maximum Gasteiger partial charge on any atom is 0.274 e. The summed E-state index contributed by atoms with van der Waals surface area (Å²) in [6, 6.07) is 14.3. The monoisotopic (exact) mass is 522 g/mol. The van der Waals surface area contributed by atoms with Crippen molar-refractivity contribution in [2.24, 2.45) is 18.9 Å². The van der Waals surface area contributed by atoms with Crippen LogP contribution in [0.5, 0.6) is 0 Å². The fourth-order valence-electron chi connectivity index (χ4n) is 6.37. The van der Waals surface area contributed by atoms with Crippen LogP contribution in [0.2, 0.25) is 0 Å². The van der Waals surface area contributed by atoms with Gasteiger partial charge in [0.1, 0.15) is 17.8 Å². The van der Waals surface area contributed by atoms with E-state index in [9.17, 15) is 10.1 Å². The number of aromatic amines is 1.